The van der Waals surface area contributed by atoms with Gasteiger partial charge in [0, 0.05) is 34.7 Å². The highest BCUT2D eigenvalue weighted by atomic mass is 32.1. The molecule has 0 fully saturated rings. The number of amides is 1. The lowest BCUT2D eigenvalue weighted by molar-refractivity contribution is 0.0950. The Hall–Kier alpha value is -3.12. The van der Waals surface area contributed by atoms with Crippen molar-refractivity contribution in [2.45, 2.75) is 13.3 Å². The summed E-state index contributed by atoms with van der Waals surface area (Å²) in [6.07, 6.45) is 2.78. The molecule has 0 aliphatic heterocycles. The second-order valence-electron chi connectivity index (χ2n) is 6.40. The number of nitrogens with zero attached hydrogens (tertiary/aromatic N) is 1. The van der Waals surface area contributed by atoms with Gasteiger partial charge < -0.3 is 15.6 Å². The van der Waals surface area contributed by atoms with Crippen LogP contribution in [-0.2, 0) is 6.42 Å². The molecule has 4 aromatic rings. The van der Waals surface area contributed by atoms with Crippen molar-refractivity contribution in [3.63, 3.8) is 0 Å². The maximum Gasteiger partial charge on any atom is 0.270 e. The van der Waals surface area contributed by atoms with Crippen LogP contribution in [0.4, 0.5) is 10.8 Å². The third-order valence-corrected chi connectivity index (χ3v) is 5.12. The first-order valence-electron chi connectivity index (χ1n) is 8.81. The van der Waals surface area contributed by atoms with Crippen molar-refractivity contribution in [3.05, 3.63) is 76.9 Å². The number of thiazole rings is 1. The van der Waals surface area contributed by atoms with Crippen molar-refractivity contribution in [3.8, 4) is 0 Å². The molecule has 3 N–H and O–H groups in total. The molecule has 2 heterocycles. The second-order valence-corrected chi connectivity index (χ2v) is 7.26. The number of anilines is 2. The van der Waals surface area contributed by atoms with E-state index in [4.69, 9.17) is 0 Å². The Morgan fingerprint density at radius 3 is 2.96 bits per heavy atom. The third kappa shape index (κ3) is 4.01. The van der Waals surface area contributed by atoms with Crippen molar-refractivity contribution in [1.82, 2.24) is 15.3 Å². The Morgan fingerprint density at radius 2 is 2.07 bits per heavy atom. The fourth-order valence-electron chi connectivity index (χ4n) is 3.02. The van der Waals surface area contributed by atoms with Gasteiger partial charge in [-0.25, -0.2) is 4.98 Å². The van der Waals surface area contributed by atoms with Crippen molar-refractivity contribution < 1.29 is 4.79 Å². The number of rotatable bonds is 6. The highest BCUT2D eigenvalue weighted by molar-refractivity contribution is 7.14. The molecule has 1 amide bonds. The second kappa shape index (κ2) is 7.63. The molecule has 0 radical (unpaired) electrons. The largest absolute Gasteiger partial charge is 0.361 e. The number of carbonyl (C=O) groups is 1. The summed E-state index contributed by atoms with van der Waals surface area (Å²) in [5.74, 6) is -0.150. The maximum absolute atomic E-state index is 12.4. The lowest BCUT2D eigenvalue weighted by Crippen LogP contribution is -2.25. The Bertz CT molecular complexity index is 1080. The summed E-state index contributed by atoms with van der Waals surface area (Å²) >= 11 is 1.42. The molecular weight excluding hydrogens is 356 g/mol. The normalized spacial score (nSPS) is 10.9. The quantitative estimate of drug-likeness (QED) is 0.459. The Balaban J connectivity index is 1.34. The molecule has 0 bridgehead atoms. The van der Waals surface area contributed by atoms with Crippen molar-refractivity contribution in [2.75, 3.05) is 11.9 Å². The van der Waals surface area contributed by atoms with Crippen molar-refractivity contribution in [1.29, 1.82) is 0 Å². The van der Waals surface area contributed by atoms with Crippen LogP contribution in [0.15, 0.2) is 60.1 Å². The van der Waals surface area contributed by atoms with Crippen LogP contribution in [0.25, 0.3) is 10.9 Å². The number of H-pyrrole nitrogens is 1. The first-order valence-corrected chi connectivity index (χ1v) is 9.69. The molecule has 0 saturated heterocycles. The van der Waals surface area contributed by atoms with Gasteiger partial charge in [0.2, 0.25) is 0 Å². The van der Waals surface area contributed by atoms with E-state index in [2.05, 4.69) is 32.7 Å². The summed E-state index contributed by atoms with van der Waals surface area (Å²) in [4.78, 5) is 20.0. The summed E-state index contributed by atoms with van der Waals surface area (Å²) in [6.45, 7) is 2.61. The van der Waals surface area contributed by atoms with Crippen LogP contribution in [0.5, 0.6) is 0 Å². The summed E-state index contributed by atoms with van der Waals surface area (Å²) in [5, 5.41) is 9.88. The average Bonchev–Trinajstić information content (AvgIpc) is 3.29. The molecule has 6 heteroatoms. The molecule has 27 heavy (non-hydrogen) atoms. The molecule has 0 saturated carbocycles. The number of hydrogen-bond acceptors (Lipinski definition) is 4. The highest BCUT2D eigenvalue weighted by Crippen LogP contribution is 2.22. The van der Waals surface area contributed by atoms with Crippen LogP contribution >= 0.6 is 11.3 Å². The topological polar surface area (TPSA) is 69.8 Å². The minimum Gasteiger partial charge on any atom is -0.361 e. The van der Waals surface area contributed by atoms with Crippen molar-refractivity contribution >= 4 is 39.0 Å². The predicted molar refractivity (Wildman–Crippen MR) is 111 cm³/mol. The first-order chi connectivity index (χ1) is 13.2. The Labute approximate surface area is 161 Å². The fourth-order valence-corrected chi connectivity index (χ4v) is 3.73. The van der Waals surface area contributed by atoms with E-state index in [9.17, 15) is 4.79 Å². The highest BCUT2D eigenvalue weighted by Gasteiger charge is 2.11. The number of benzene rings is 2. The SMILES string of the molecule is Cc1cccc(Nc2nc(C(=O)NCCc3c[nH]c4ccccc34)cs2)c1. The molecule has 2 aromatic carbocycles. The summed E-state index contributed by atoms with van der Waals surface area (Å²) in [7, 11) is 0. The predicted octanol–water partition coefficient (Wildman–Crippen LogP) is 4.65. The van der Waals surface area contributed by atoms with Gasteiger partial charge in [0.05, 0.1) is 0 Å². The molecule has 136 valence electrons. The van der Waals surface area contributed by atoms with Crippen LogP contribution in [0.2, 0.25) is 0 Å². The van der Waals surface area contributed by atoms with Gasteiger partial charge in [-0.1, -0.05) is 30.3 Å². The number of nitrogens with one attached hydrogen (secondary N) is 3. The van der Waals surface area contributed by atoms with Gasteiger partial charge in [0.1, 0.15) is 5.69 Å². The van der Waals surface area contributed by atoms with Crippen LogP contribution in [0, 0.1) is 6.92 Å². The molecule has 5 nitrogen and oxygen atoms in total. The maximum atomic E-state index is 12.4. The standard InChI is InChI=1S/C21H20N4OS/c1-14-5-4-6-16(11-14)24-21-25-19(13-27-21)20(26)22-10-9-15-12-23-18-8-3-2-7-17(15)18/h2-8,11-13,23H,9-10H2,1H3,(H,22,26)(H,24,25). The summed E-state index contributed by atoms with van der Waals surface area (Å²) in [6, 6.07) is 16.2. The van der Waals surface area contributed by atoms with Gasteiger partial charge in [-0.15, -0.1) is 11.3 Å². The van der Waals surface area contributed by atoms with Crippen molar-refractivity contribution in [2.24, 2.45) is 0 Å². The number of aryl methyl sites for hydroxylation is 1. The molecule has 0 aliphatic rings. The fraction of sp³-hybridized carbons (Fsp3) is 0.143. The van der Waals surface area contributed by atoms with E-state index in [1.165, 1.54) is 27.8 Å². The number of hydrogen-bond donors (Lipinski definition) is 3. The molecule has 0 unspecified atom stereocenters. The average molecular weight is 376 g/mol. The Morgan fingerprint density at radius 1 is 1.19 bits per heavy atom. The molecule has 0 aliphatic carbocycles. The first kappa shape index (κ1) is 17.3. The summed E-state index contributed by atoms with van der Waals surface area (Å²) < 4.78 is 0. The zero-order valence-corrected chi connectivity index (χ0v) is 15.8. The third-order valence-electron chi connectivity index (χ3n) is 4.36. The van der Waals surface area contributed by atoms with E-state index in [-0.39, 0.29) is 5.91 Å². The van der Waals surface area contributed by atoms with Crippen LogP contribution in [0.3, 0.4) is 0 Å². The van der Waals surface area contributed by atoms with Gasteiger partial charge in [-0.3, -0.25) is 4.79 Å². The zero-order chi connectivity index (χ0) is 18.6. The minimum atomic E-state index is -0.150. The minimum absolute atomic E-state index is 0.150. The molecule has 0 spiro atoms. The summed E-state index contributed by atoms with van der Waals surface area (Å²) in [5.41, 5.74) is 4.90. The van der Waals surface area contributed by atoms with Crippen LogP contribution in [0.1, 0.15) is 21.6 Å². The van der Waals surface area contributed by atoms with E-state index < -0.39 is 0 Å². The van der Waals surface area contributed by atoms with Gasteiger partial charge in [-0.2, -0.15) is 0 Å². The van der Waals surface area contributed by atoms with E-state index in [0.717, 1.165) is 17.6 Å². The van der Waals surface area contributed by atoms with Gasteiger partial charge >= 0.3 is 0 Å². The van der Waals surface area contributed by atoms with Gasteiger partial charge in [0.15, 0.2) is 5.13 Å². The van der Waals surface area contributed by atoms with E-state index in [0.29, 0.717) is 17.4 Å². The smallest absolute Gasteiger partial charge is 0.270 e. The molecule has 4 rings (SSSR count). The van der Waals surface area contributed by atoms with Gasteiger partial charge in [-0.05, 0) is 42.7 Å². The molecule has 2 aromatic heterocycles. The number of carbonyl (C=O) groups excluding carboxylic acids is 1. The van der Waals surface area contributed by atoms with Crippen LogP contribution < -0.4 is 10.6 Å². The number of aromatic nitrogens is 2. The number of para-hydroxylation sites is 1. The van der Waals surface area contributed by atoms with Crippen LogP contribution in [-0.4, -0.2) is 22.4 Å². The molecule has 0 atom stereocenters. The van der Waals surface area contributed by atoms with E-state index in [1.807, 2.05) is 49.5 Å². The monoisotopic (exact) mass is 376 g/mol. The lowest BCUT2D eigenvalue weighted by atomic mass is 10.1. The number of aromatic amines is 1. The van der Waals surface area contributed by atoms with E-state index >= 15 is 0 Å². The van der Waals surface area contributed by atoms with Gasteiger partial charge in [0.25, 0.3) is 5.91 Å². The lowest BCUT2D eigenvalue weighted by Gasteiger charge is -2.04. The zero-order valence-electron chi connectivity index (χ0n) is 15.0. The van der Waals surface area contributed by atoms with E-state index in [1.54, 1.807) is 5.38 Å². The Kier molecular flexibility index (Phi) is 4.89. The molecular formula is C21H20N4OS. The number of fused-ring (bicyclic) bond motifs is 1.